The zero-order chi connectivity index (χ0) is 12.1. The maximum atomic E-state index is 8.89. The standard InChI is InChI=1S/C14H17NO2/c1-16-14-9-13(8-7-11(14)10-15)17-12-5-3-2-4-6-12/h7-9,12H,2-6H2,1H3. The first kappa shape index (κ1) is 11.8. The Kier molecular flexibility index (Phi) is 3.87. The minimum Gasteiger partial charge on any atom is -0.495 e. The van der Waals surface area contributed by atoms with E-state index < -0.39 is 0 Å². The molecule has 0 atom stereocenters. The minimum atomic E-state index is 0.321. The number of benzene rings is 1. The second-order valence-electron chi connectivity index (χ2n) is 4.35. The van der Waals surface area contributed by atoms with Gasteiger partial charge < -0.3 is 9.47 Å². The van der Waals surface area contributed by atoms with Crippen LogP contribution >= 0.6 is 0 Å². The SMILES string of the molecule is COc1cc(OC2CCCCC2)ccc1C#N. The summed E-state index contributed by atoms with van der Waals surface area (Å²) in [4.78, 5) is 0. The fraction of sp³-hybridized carbons (Fsp3) is 0.500. The van der Waals surface area contributed by atoms with Crippen LogP contribution in [0.2, 0.25) is 0 Å². The van der Waals surface area contributed by atoms with Gasteiger partial charge in [-0.15, -0.1) is 0 Å². The maximum absolute atomic E-state index is 8.89. The van der Waals surface area contributed by atoms with Gasteiger partial charge in [-0.05, 0) is 37.8 Å². The fourth-order valence-electron chi connectivity index (χ4n) is 2.21. The van der Waals surface area contributed by atoms with E-state index in [2.05, 4.69) is 6.07 Å². The lowest BCUT2D eigenvalue weighted by Gasteiger charge is -2.23. The molecule has 0 bridgehead atoms. The van der Waals surface area contributed by atoms with Crippen molar-refractivity contribution < 1.29 is 9.47 Å². The van der Waals surface area contributed by atoms with Crippen LogP contribution in [0.15, 0.2) is 18.2 Å². The molecule has 0 amide bonds. The summed E-state index contributed by atoms with van der Waals surface area (Å²) < 4.78 is 11.1. The van der Waals surface area contributed by atoms with E-state index in [9.17, 15) is 0 Å². The minimum absolute atomic E-state index is 0.321. The molecule has 0 N–H and O–H groups in total. The van der Waals surface area contributed by atoms with E-state index in [1.165, 1.54) is 19.3 Å². The third-order valence-electron chi connectivity index (χ3n) is 3.15. The lowest BCUT2D eigenvalue weighted by atomic mass is 9.98. The molecule has 90 valence electrons. The Balaban J connectivity index is 2.08. The normalized spacial score (nSPS) is 16.2. The van der Waals surface area contributed by atoms with E-state index in [0.29, 0.717) is 17.4 Å². The summed E-state index contributed by atoms with van der Waals surface area (Å²) in [6.07, 6.45) is 6.39. The number of rotatable bonds is 3. The summed E-state index contributed by atoms with van der Waals surface area (Å²) in [5, 5.41) is 8.89. The number of nitrogens with zero attached hydrogens (tertiary/aromatic N) is 1. The molecule has 1 aromatic rings. The number of hydrogen-bond acceptors (Lipinski definition) is 3. The van der Waals surface area contributed by atoms with E-state index in [1.807, 2.05) is 6.07 Å². The predicted molar refractivity (Wildman–Crippen MR) is 65.2 cm³/mol. The Bertz CT molecular complexity index is 417. The van der Waals surface area contributed by atoms with Crippen molar-refractivity contribution in [2.24, 2.45) is 0 Å². The first-order chi connectivity index (χ1) is 8.33. The number of hydrogen-bond donors (Lipinski definition) is 0. The van der Waals surface area contributed by atoms with Gasteiger partial charge in [-0.2, -0.15) is 5.26 Å². The molecule has 3 heteroatoms. The molecule has 0 aromatic heterocycles. The second-order valence-corrected chi connectivity index (χ2v) is 4.35. The summed E-state index contributed by atoms with van der Waals surface area (Å²) in [5.74, 6) is 1.38. The third-order valence-corrected chi connectivity index (χ3v) is 3.15. The van der Waals surface area contributed by atoms with Gasteiger partial charge in [0.25, 0.3) is 0 Å². The molecule has 2 rings (SSSR count). The van der Waals surface area contributed by atoms with Crippen LogP contribution in [0.3, 0.4) is 0 Å². The molecule has 0 unspecified atom stereocenters. The average Bonchev–Trinajstić information content (AvgIpc) is 2.40. The van der Waals surface area contributed by atoms with Crippen molar-refractivity contribution in [3.05, 3.63) is 23.8 Å². The number of methoxy groups -OCH3 is 1. The Morgan fingerprint density at radius 1 is 1.24 bits per heavy atom. The molecule has 0 aliphatic heterocycles. The van der Waals surface area contributed by atoms with Crippen LogP contribution in [-0.4, -0.2) is 13.2 Å². The highest BCUT2D eigenvalue weighted by Gasteiger charge is 2.15. The summed E-state index contributed by atoms with van der Waals surface area (Å²) in [5.41, 5.74) is 0.545. The molecule has 0 spiro atoms. The van der Waals surface area contributed by atoms with Crippen molar-refractivity contribution in [2.75, 3.05) is 7.11 Å². The van der Waals surface area contributed by atoms with E-state index in [0.717, 1.165) is 18.6 Å². The second kappa shape index (κ2) is 5.58. The summed E-state index contributed by atoms with van der Waals surface area (Å²) >= 11 is 0. The van der Waals surface area contributed by atoms with Crippen molar-refractivity contribution in [2.45, 2.75) is 38.2 Å². The smallest absolute Gasteiger partial charge is 0.140 e. The predicted octanol–water partition coefficient (Wildman–Crippen LogP) is 3.28. The Labute approximate surface area is 102 Å². The Morgan fingerprint density at radius 2 is 2.00 bits per heavy atom. The molecule has 1 saturated carbocycles. The van der Waals surface area contributed by atoms with Crippen LogP contribution in [-0.2, 0) is 0 Å². The van der Waals surface area contributed by atoms with E-state index >= 15 is 0 Å². The summed E-state index contributed by atoms with van der Waals surface area (Å²) in [6, 6.07) is 7.49. The lowest BCUT2D eigenvalue weighted by Crippen LogP contribution is -2.19. The van der Waals surface area contributed by atoms with Gasteiger partial charge in [-0.3, -0.25) is 0 Å². The lowest BCUT2D eigenvalue weighted by molar-refractivity contribution is 0.154. The van der Waals surface area contributed by atoms with Crippen LogP contribution in [0.25, 0.3) is 0 Å². The molecule has 1 aliphatic rings. The average molecular weight is 231 g/mol. The van der Waals surface area contributed by atoms with Crippen LogP contribution in [0.4, 0.5) is 0 Å². The van der Waals surface area contributed by atoms with Gasteiger partial charge in [0.2, 0.25) is 0 Å². The van der Waals surface area contributed by atoms with Crippen LogP contribution in [0.5, 0.6) is 11.5 Å². The van der Waals surface area contributed by atoms with Gasteiger partial charge in [0.1, 0.15) is 17.6 Å². The molecule has 0 radical (unpaired) electrons. The molecule has 17 heavy (non-hydrogen) atoms. The van der Waals surface area contributed by atoms with Crippen LogP contribution in [0.1, 0.15) is 37.7 Å². The summed E-state index contributed by atoms with van der Waals surface area (Å²) in [6.45, 7) is 0. The Hall–Kier alpha value is -1.69. The van der Waals surface area contributed by atoms with Crippen molar-refractivity contribution >= 4 is 0 Å². The van der Waals surface area contributed by atoms with Crippen LogP contribution in [0, 0.1) is 11.3 Å². The Morgan fingerprint density at radius 3 is 2.65 bits per heavy atom. The van der Waals surface area contributed by atoms with E-state index in [-0.39, 0.29) is 0 Å². The van der Waals surface area contributed by atoms with Gasteiger partial charge >= 0.3 is 0 Å². The molecule has 0 heterocycles. The quantitative estimate of drug-likeness (QED) is 0.801. The zero-order valence-electron chi connectivity index (χ0n) is 10.1. The van der Waals surface area contributed by atoms with Crippen molar-refractivity contribution in [1.82, 2.24) is 0 Å². The number of nitriles is 1. The zero-order valence-corrected chi connectivity index (χ0v) is 10.1. The number of ether oxygens (including phenoxy) is 2. The molecule has 3 nitrogen and oxygen atoms in total. The van der Waals surface area contributed by atoms with Gasteiger partial charge in [-0.1, -0.05) is 6.42 Å². The molecule has 1 aromatic carbocycles. The molecule has 1 aliphatic carbocycles. The first-order valence-corrected chi connectivity index (χ1v) is 6.08. The van der Waals surface area contributed by atoms with Crippen LogP contribution < -0.4 is 9.47 Å². The maximum Gasteiger partial charge on any atom is 0.140 e. The molecular formula is C14H17NO2. The van der Waals surface area contributed by atoms with Gasteiger partial charge in [0, 0.05) is 6.07 Å². The van der Waals surface area contributed by atoms with Crippen molar-refractivity contribution in [3.8, 4) is 17.6 Å². The van der Waals surface area contributed by atoms with Crippen molar-refractivity contribution in [1.29, 1.82) is 5.26 Å². The highest BCUT2D eigenvalue weighted by atomic mass is 16.5. The largest absolute Gasteiger partial charge is 0.495 e. The highest BCUT2D eigenvalue weighted by molar-refractivity contribution is 5.47. The molecular weight excluding hydrogens is 214 g/mol. The summed E-state index contributed by atoms with van der Waals surface area (Å²) in [7, 11) is 1.57. The monoisotopic (exact) mass is 231 g/mol. The fourth-order valence-corrected chi connectivity index (χ4v) is 2.21. The van der Waals surface area contributed by atoms with Crippen molar-refractivity contribution in [3.63, 3.8) is 0 Å². The molecule has 0 saturated heterocycles. The van der Waals surface area contributed by atoms with Gasteiger partial charge in [0.15, 0.2) is 0 Å². The third kappa shape index (κ3) is 2.91. The van der Waals surface area contributed by atoms with E-state index in [4.69, 9.17) is 14.7 Å². The first-order valence-electron chi connectivity index (χ1n) is 6.08. The highest BCUT2D eigenvalue weighted by Crippen LogP contribution is 2.28. The van der Waals surface area contributed by atoms with Gasteiger partial charge in [-0.25, -0.2) is 0 Å². The molecule has 1 fully saturated rings. The topological polar surface area (TPSA) is 42.2 Å². The van der Waals surface area contributed by atoms with Gasteiger partial charge in [0.05, 0.1) is 18.8 Å². The van der Waals surface area contributed by atoms with E-state index in [1.54, 1.807) is 19.2 Å².